The molecule has 0 fully saturated rings. The Morgan fingerprint density at radius 2 is 1.67 bits per heavy atom. The Balaban J connectivity index is 2.61. The molecule has 2 rings (SSSR count). The van der Waals surface area contributed by atoms with Gasteiger partial charge in [-0.15, -0.1) is 0 Å². The molecule has 0 bridgehead atoms. The molecule has 0 aliphatic rings. The van der Waals surface area contributed by atoms with Crippen LogP contribution in [0.3, 0.4) is 0 Å². The quantitative estimate of drug-likeness (QED) is 0.634. The van der Waals surface area contributed by atoms with Crippen molar-refractivity contribution in [1.29, 1.82) is 5.26 Å². The monoisotopic (exact) mass is 298 g/mol. The largest absolute Gasteiger partial charge is 0.385 e. The SMILES string of the molecule is CN(C)C(C#N)(O[Si](C)(C)C)c1ccc2ccccc2c1. The zero-order valence-electron chi connectivity index (χ0n) is 13.3. The van der Waals surface area contributed by atoms with Crippen LogP contribution in [-0.4, -0.2) is 27.3 Å². The second kappa shape index (κ2) is 5.61. The van der Waals surface area contributed by atoms with Crippen molar-refractivity contribution in [3.63, 3.8) is 0 Å². The predicted molar refractivity (Wildman–Crippen MR) is 89.4 cm³/mol. The fraction of sp³-hybridized carbons (Fsp3) is 0.353. The van der Waals surface area contributed by atoms with Gasteiger partial charge in [-0.1, -0.05) is 36.4 Å². The van der Waals surface area contributed by atoms with Gasteiger partial charge in [-0.05, 0) is 50.6 Å². The summed E-state index contributed by atoms with van der Waals surface area (Å²) in [6.45, 7) is 6.30. The molecule has 2 aromatic carbocycles. The number of fused-ring (bicyclic) bond motifs is 1. The Morgan fingerprint density at radius 3 is 2.19 bits per heavy atom. The maximum Gasteiger partial charge on any atom is 0.227 e. The van der Waals surface area contributed by atoms with Crippen LogP contribution in [0.25, 0.3) is 10.8 Å². The van der Waals surface area contributed by atoms with Gasteiger partial charge in [0, 0.05) is 5.56 Å². The van der Waals surface area contributed by atoms with Crippen molar-refractivity contribution in [2.24, 2.45) is 0 Å². The first kappa shape index (κ1) is 15.7. The van der Waals surface area contributed by atoms with Crippen molar-refractivity contribution in [2.75, 3.05) is 14.1 Å². The topological polar surface area (TPSA) is 36.3 Å². The highest BCUT2D eigenvalue weighted by atomic mass is 28.4. The number of rotatable bonds is 4. The average molecular weight is 298 g/mol. The lowest BCUT2D eigenvalue weighted by Gasteiger charge is -2.38. The third-order valence-electron chi connectivity index (χ3n) is 3.38. The summed E-state index contributed by atoms with van der Waals surface area (Å²) in [5.41, 5.74) is -0.148. The van der Waals surface area contributed by atoms with Crippen LogP contribution in [0.1, 0.15) is 5.56 Å². The number of nitriles is 1. The van der Waals surface area contributed by atoms with Crippen LogP contribution in [0, 0.1) is 11.3 Å². The van der Waals surface area contributed by atoms with Crippen molar-refractivity contribution in [3.05, 3.63) is 48.0 Å². The number of benzene rings is 2. The normalized spacial score (nSPS) is 14.9. The second-order valence-corrected chi connectivity index (χ2v) is 10.9. The highest BCUT2D eigenvalue weighted by Crippen LogP contribution is 2.33. The molecule has 0 amide bonds. The summed E-state index contributed by atoms with van der Waals surface area (Å²) in [6.07, 6.45) is 0. The van der Waals surface area contributed by atoms with Crippen molar-refractivity contribution >= 4 is 19.1 Å². The first-order valence-corrected chi connectivity index (χ1v) is 10.5. The molecule has 0 aliphatic carbocycles. The Kier molecular flexibility index (Phi) is 4.19. The van der Waals surface area contributed by atoms with E-state index in [-0.39, 0.29) is 0 Å². The molecule has 0 saturated heterocycles. The minimum absolute atomic E-state index is 0.885. The van der Waals surface area contributed by atoms with Gasteiger partial charge in [0.2, 0.25) is 5.72 Å². The fourth-order valence-electron chi connectivity index (χ4n) is 2.44. The summed E-state index contributed by atoms with van der Waals surface area (Å²) in [4.78, 5) is 1.86. The van der Waals surface area contributed by atoms with Crippen LogP contribution in [0.15, 0.2) is 42.5 Å². The minimum atomic E-state index is -1.89. The summed E-state index contributed by atoms with van der Waals surface area (Å²) in [6, 6.07) is 16.6. The van der Waals surface area contributed by atoms with E-state index in [9.17, 15) is 5.26 Å². The zero-order valence-corrected chi connectivity index (χ0v) is 14.3. The average Bonchev–Trinajstić information content (AvgIpc) is 2.43. The number of nitrogens with zero attached hydrogens (tertiary/aromatic N) is 2. The maximum atomic E-state index is 9.84. The molecule has 0 N–H and O–H groups in total. The Morgan fingerprint density at radius 1 is 1.05 bits per heavy atom. The van der Waals surface area contributed by atoms with Crippen molar-refractivity contribution in [3.8, 4) is 6.07 Å². The van der Waals surface area contributed by atoms with E-state index in [1.807, 2.05) is 43.3 Å². The van der Waals surface area contributed by atoms with Crippen molar-refractivity contribution in [2.45, 2.75) is 25.4 Å². The van der Waals surface area contributed by atoms with Crippen LogP contribution in [0.5, 0.6) is 0 Å². The standard InChI is InChI=1S/C17H22N2OSi/c1-19(2)17(13-18,20-21(3,4)5)16-11-10-14-8-6-7-9-15(14)12-16/h6-12H,1-5H3. The van der Waals surface area contributed by atoms with Crippen molar-refractivity contribution in [1.82, 2.24) is 4.90 Å². The molecule has 1 unspecified atom stereocenters. The van der Waals surface area contributed by atoms with Gasteiger partial charge in [0.05, 0.1) is 0 Å². The molecule has 21 heavy (non-hydrogen) atoms. The smallest absolute Gasteiger partial charge is 0.227 e. The summed E-state index contributed by atoms with van der Waals surface area (Å²) in [5.74, 6) is 0. The lowest BCUT2D eigenvalue weighted by molar-refractivity contribution is -0.0177. The Bertz CT molecular complexity index is 685. The molecule has 4 heteroatoms. The summed E-state index contributed by atoms with van der Waals surface area (Å²) < 4.78 is 6.27. The van der Waals surface area contributed by atoms with Gasteiger partial charge in [0.15, 0.2) is 8.32 Å². The van der Waals surface area contributed by atoms with E-state index in [2.05, 4.69) is 43.9 Å². The van der Waals surface area contributed by atoms with Gasteiger partial charge in [0.1, 0.15) is 6.07 Å². The van der Waals surface area contributed by atoms with Gasteiger partial charge in [0.25, 0.3) is 0 Å². The van der Waals surface area contributed by atoms with Gasteiger partial charge < -0.3 is 4.43 Å². The lowest BCUT2D eigenvalue weighted by Crippen LogP contribution is -2.49. The Labute approximate surface area is 127 Å². The van der Waals surface area contributed by atoms with Crippen LogP contribution in [0.2, 0.25) is 19.6 Å². The van der Waals surface area contributed by atoms with E-state index >= 15 is 0 Å². The fourth-order valence-corrected chi connectivity index (χ4v) is 3.67. The number of hydrogen-bond donors (Lipinski definition) is 0. The molecule has 0 radical (unpaired) electrons. The van der Waals surface area contributed by atoms with E-state index < -0.39 is 14.0 Å². The molecule has 0 aliphatic heterocycles. The second-order valence-electron chi connectivity index (χ2n) is 6.43. The van der Waals surface area contributed by atoms with Crippen LogP contribution in [0.4, 0.5) is 0 Å². The molecular formula is C17H22N2OSi. The van der Waals surface area contributed by atoms with Gasteiger partial charge >= 0.3 is 0 Å². The molecular weight excluding hydrogens is 276 g/mol. The summed E-state index contributed by atoms with van der Waals surface area (Å²) in [5, 5.41) is 12.1. The minimum Gasteiger partial charge on any atom is -0.385 e. The molecule has 0 spiro atoms. The molecule has 110 valence electrons. The van der Waals surface area contributed by atoms with E-state index in [0.29, 0.717) is 0 Å². The van der Waals surface area contributed by atoms with Gasteiger partial charge in [-0.3, -0.25) is 4.90 Å². The Hall–Kier alpha value is -1.67. The number of hydrogen-bond acceptors (Lipinski definition) is 3. The molecule has 0 saturated carbocycles. The van der Waals surface area contributed by atoms with E-state index in [4.69, 9.17) is 4.43 Å². The van der Waals surface area contributed by atoms with Crippen LogP contribution in [-0.2, 0) is 10.2 Å². The van der Waals surface area contributed by atoms with E-state index in [1.54, 1.807) is 0 Å². The highest BCUT2D eigenvalue weighted by molar-refractivity contribution is 6.69. The van der Waals surface area contributed by atoms with Gasteiger partial charge in [-0.25, -0.2) is 0 Å². The highest BCUT2D eigenvalue weighted by Gasteiger charge is 2.40. The summed E-state index contributed by atoms with van der Waals surface area (Å²) in [7, 11) is 1.88. The van der Waals surface area contributed by atoms with Gasteiger partial charge in [-0.2, -0.15) is 5.26 Å². The molecule has 0 aromatic heterocycles. The molecule has 3 nitrogen and oxygen atoms in total. The first-order chi connectivity index (χ1) is 9.78. The predicted octanol–water partition coefficient (Wildman–Crippen LogP) is 3.93. The third-order valence-corrected chi connectivity index (χ3v) is 4.28. The third kappa shape index (κ3) is 3.16. The maximum absolute atomic E-state index is 9.84. The summed E-state index contributed by atoms with van der Waals surface area (Å²) >= 11 is 0. The molecule has 1 atom stereocenters. The van der Waals surface area contributed by atoms with Crippen LogP contribution < -0.4 is 0 Å². The first-order valence-electron chi connectivity index (χ1n) is 7.07. The molecule has 0 heterocycles. The van der Waals surface area contributed by atoms with E-state index in [0.717, 1.165) is 10.9 Å². The van der Waals surface area contributed by atoms with Crippen molar-refractivity contribution < 1.29 is 4.43 Å². The lowest BCUT2D eigenvalue weighted by atomic mass is 9.99. The zero-order chi connectivity index (χ0) is 15.7. The molecule has 2 aromatic rings. The van der Waals surface area contributed by atoms with E-state index in [1.165, 1.54) is 5.39 Å². The van der Waals surface area contributed by atoms with Crippen LogP contribution >= 0.6 is 0 Å².